The van der Waals surface area contributed by atoms with Gasteiger partial charge in [-0.1, -0.05) is 153 Å². The zero-order chi connectivity index (χ0) is 35.0. The first-order valence-electron chi connectivity index (χ1n) is 18.4. The summed E-state index contributed by atoms with van der Waals surface area (Å²) in [5, 5.41) is 13.3. The van der Waals surface area contributed by atoms with Gasteiger partial charge in [0.15, 0.2) is 0 Å². The number of hydrogen-bond donors (Lipinski definition) is 0. The Balaban J connectivity index is 1.09. The quantitative estimate of drug-likeness (QED) is 0.157. The first-order chi connectivity index (χ1) is 26.0. The lowest BCUT2D eigenvalue weighted by atomic mass is 9.80. The van der Waals surface area contributed by atoms with E-state index in [1.807, 2.05) is 22.7 Å². The third-order valence-corrected chi connectivity index (χ3v) is 14.4. The molecule has 0 aliphatic heterocycles. The third-order valence-electron chi connectivity index (χ3n) is 12.1. The highest BCUT2D eigenvalue weighted by Crippen LogP contribution is 2.55. The Morgan fingerprint density at radius 2 is 0.925 bits per heavy atom. The maximum atomic E-state index is 2.45. The molecule has 12 rings (SSSR count). The molecule has 0 saturated heterocycles. The van der Waals surface area contributed by atoms with E-state index in [1.165, 1.54) is 117 Å². The van der Waals surface area contributed by atoms with Gasteiger partial charge >= 0.3 is 0 Å². The molecule has 9 aromatic carbocycles. The Hall–Kier alpha value is -5.80. The molecule has 0 spiro atoms. The fraction of sp³-hybridized carbons (Fsp3) is 0.0588. The molecule has 53 heavy (non-hydrogen) atoms. The van der Waals surface area contributed by atoms with Crippen LogP contribution in [-0.2, 0) is 5.41 Å². The van der Waals surface area contributed by atoms with Crippen LogP contribution in [0, 0.1) is 0 Å². The second-order valence-electron chi connectivity index (χ2n) is 15.2. The Labute approximate surface area is 315 Å². The second kappa shape index (κ2) is 10.6. The highest BCUT2D eigenvalue weighted by atomic mass is 32.1. The summed E-state index contributed by atoms with van der Waals surface area (Å²) in [5.74, 6) is 0. The average molecular weight is 709 g/mol. The molecular weight excluding hydrogens is 677 g/mol. The van der Waals surface area contributed by atoms with Crippen LogP contribution in [0.5, 0.6) is 0 Å². The van der Waals surface area contributed by atoms with Crippen LogP contribution in [-0.4, -0.2) is 0 Å². The monoisotopic (exact) mass is 708 g/mol. The fourth-order valence-electron chi connectivity index (χ4n) is 9.62. The summed E-state index contributed by atoms with van der Waals surface area (Å²) < 4.78 is 5.43. The van der Waals surface area contributed by atoms with Crippen molar-refractivity contribution in [2.45, 2.75) is 19.3 Å². The van der Waals surface area contributed by atoms with Crippen molar-refractivity contribution in [1.82, 2.24) is 0 Å². The standard InChI is InChI=1S/C51H32S2/c1-51(2)42-20-10-9-18-38(42)49-39(19-11-21-43(49)51)48-35-16-7-5-14-33(35)47(34-15-6-8-17-36(34)48)30-23-24-32-40-27-46-41(28-45(40)52-44(32)26-30)37-25-22-29-12-3-4-13-31(29)50(37)53-46/h3-28H,1-2H3. The van der Waals surface area contributed by atoms with Crippen LogP contribution >= 0.6 is 22.7 Å². The first kappa shape index (κ1) is 29.7. The van der Waals surface area contributed by atoms with Crippen molar-refractivity contribution in [2.24, 2.45) is 0 Å². The summed E-state index contributed by atoms with van der Waals surface area (Å²) >= 11 is 3.85. The van der Waals surface area contributed by atoms with Crippen LogP contribution in [0.3, 0.4) is 0 Å². The van der Waals surface area contributed by atoms with E-state index in [9.17, 15) is 0 Å². The molecule has 2 heteroatoms. The summed E-state index contributed by atoms with van der Waals surface area (Å²) in [6, 6.07) is 59.6. The van der Waals surface area contributed by atoms with Gasteiger partial charge in [-0.15, -0.1) is 22.7 Å². The second-order valence-corrected chi connectivity index (χ2v) is 17.3. The van der Waals surface area contributed by atoms with Crippen LogP contribution in [0.1, 0.15) is 25.0 Å². The lowest BCUT2D eigenvalue weighted by molar-refractivity contribution is 0.660. The molecule has 248 valence electrons. The summed E-state index contributed by atoms with van der Waals surface area (Å²) in [4.78, 5) is 0. The van der Waals surface area contributed by atoms with Crippen molar-refractivity contribution in [1.29, 1.82) is 0 Å². The van der Waals surface area contributed by atoms with Gasteiger partial charge in [0.05, 0.1) is 0 Å². The lowest BCUT2D eigenvalue weighted by Crippen LogP contribution is -2.14. The Kier molecular flexibility index (Phi) is 5.97. The van der Waals surface area contributed by atoms with E-state index in [2.05, 4.69) is 172 Å². The maximum Gasteiger partial charge on any atom is 0.0433 e. The van der Waals surface area contributed by atoms with Crippen molar-refractivity contribution in [2.75, 3.05) is 0 Å². The van der Waals surface area contributed by atoms with Crippen molar-refractivity contribution in [3.63, 3.8) is 0 Å². The highest BCUT2D eigenvalue weighted by Gasteiger charge is 2.37. The third kappa shape index (κ3) is 4.00. The van der Waals surface area contributed by atoms with Gasteiger partial charge in [0.2, 0.25) is 0 Å². The maximum absolute atomic E-state index is 2.45. The van der Waals surface area contributed by atoms with Crippen LogP contribution in [0.15, 0.2) is 158 Å². The molecule has 0 atom stereocenters. The predicted molar refractivity (Wildman–Crippen MR) is 233 cm³/mol. The Morgan fingerprint density at radius 3 is 1.70 bits per heavy atom. The molecule has 0 N–H and O–H groups in total. The molecule has 0 unspecified atom stereocenters. The van der Waals surface area contributed by atoms with E-state index >= 15 is 0 Å². The van der Waals surface area contributed by atoms with Crippen molar-refractivity contribution < 1.29 is 0 Å². The molecule has 11 aromatic rings. The van der Waals surface area contributed by atoms with Crippen LogP contribution < -0.4 is 0 Å². The van der Waals surface area contributed by atoms with E-state index in [0.717, 1.165) is 0 Å². The molecular formula is C51H32S2. The zero-order valence-electron chi connectivity index (χ0n) is 29.3. The number of benzene rings is 9. The van der Waals surface area contributed by atoms with Crippen molar-refractivity contribution in [3.8, 4) is 33.4 Å². The van der Waals surface area contributed by atoms with Gasteiger partial charge in [-0.25, -0.2) is 0 Å². The van der Waals surface area contributed by atoms with Crippen LogP contribution in [0.25, 0.3) is 106 Å². The van der Waals surface area contributed by atoms with Gasteiger partial charge < -0.3 is 0 Å². The molecule has 0 bridgehead atoms. The molecule has 2 heterocycles. The summed E-state index contributed by atoms with van der Waals surface area (Å²) in [6.07, 6.45) is 0. The minimum absolute atomic E-state index is 0.0518. The zero-order valence-corrected chi connectivity index (χ0v) is 31.0. The molecule has 1 aliphatic carbocycles. The van der Waals surface area contributed by atoms with Gasteiger partial charge in [0.1, 0.15) is 0 Å². The molecule has 0 radical (unpaired) electrons. The molecule has 0 amide bonds. The van der Waals surface area contributed by atoms with Gasteiger partial charge in [-0.2, -0.15) is 0 Å². The molecule has 1 aliphatic rings. The van der Waals surface area contributed by atoms with E-state index < -0.39 is 0 Å². The number of hydrogen-bond acceptors (Lipinski definition) is 2. The van der Waals surface area contributed by atoms with E-state index in [0.29, 0.717) is 0 Å². The summed E-state index contributed by atoms with van der Waals surface area (Å²) in [6.45, 7) is 4.75. The van der Waals surface area contributed by atoms with Gasteiger partial charge in [-0.05, 0) is 95.0 Å². The van der Waals surface area contributed by atoms with E-state index in [-0.39, 0.29) is 5.41 Å². The minimum atomic E-state index is -0.0518. The number of thiophene rings is 2. The van der Waals surface area contributed by atoms with Gasteiger partial charge in [0.25, 0.3) is 0 Å². The summed E-state index contributed by atoms with van der Waals surface area (Å²) in [7, 11) is 0. The molecule has 0 fully saturated rings. The minimum Gasteiger partial charge on any atom is -0.135 e. The normalized spacial score (nSPS) is 13.6. The molecule has 0 nitrogen and oxygen atoms in total. The van der Waals surface area contributed by atoms with Gasteiger partial charge in [0, 0.05) is 45.8 Å². The highest BCUT2D eigenvalue weighted by molar-refractivity contribution is 7.28. The molecule has 0 saturated carbocycles. The number of fused-ring (bicyclic) bond motifs is 13. The predicted octanol–water partition coefficient (Wildman–Crippen LogP) is 15.5. The van der Waals surface area contributed by atoms with Crippen LogP contribution in [0.4, 0.5) is 0 Å². The summed E-state index contributed by atoms with van der Waals surface area (Å²) in [5.41, 5.74) is 10.7. The molecule has 2 aromatic heterocycles. The SMILES string of the molecule is CC1(C)c2ccccc2-c2c(-c3c4ccccc4c(-c4ccc5c(c4)sc4cc6c(cc45)sc4c5ccccc5ccc64)c4ccccc34)cccc21. The lowest BCUT2D eigenvalue weighted by Gasteiger charge is -2.22. The first-order valence-corrected chi connectivity index (χ1v) is 20.1. The van der Waals surface area contributed by atoms with Crippen molar-refractivity contribution in [3.05, 3.63) is 169 Å². The van der Waals surface area contributed by atoms with E-state index in [4.69, 9.17) is 0 Å². The Morgan fingerprint density at radius 1 is 0.358 bits per heavy atom. The van der Waals surface area contributed by atoms with Crippen LogP contribution in [0.2, 0.25) is 0 Å². The number of rotatable bonds is 2. The van der Waals surface area contributed by atoms with Crippen molar-refractivity contribution >= 4 is 95.3 Å². The average Bonchev–Trinajstić information content (AvgIpc) is 3.82. The smallest absolute Gasteiger partial charge is 0.0433 e. The Bertz CT molecular complexity index is 3310. The fourth-order valence-corrected chi connectivity index (χ4v) is 12.0. The largest absolute Gasteiger partial charge is 0.135 e. The van der Waals surface area contributed by atoms with E-state index in [1.54, 1.807) is 0 Å². The topological polar surface area (TPSA) is 0 Å². The van der Waals surface area contributed by atoms with Gasteiger partial charge in [-0.3, -0.25) is 0 Å².